The van der Waals surface area contributed by atoms with Crippen molar-refractivity contribution >= 4 is 0 Å². The molecule has 0 saturated carbocycles. The molecule has 0 unspecified atom stereocenters. The van der Waals surface area contributed by atoms with Gasteiger partial charge in [-0.2, -0.15) is 0 Å². The molecule has 2 aliphatic carbocycles. The number of unbranched alkanes of at least 4 members (excludes halogenated alkanes) is 1. The maximum atomic E-state index is 3.44. The molecule has 0 spiro atoms. The normalized spacial score (nSPS) is 20.8. The third kappa shape index (κ3) is 3.71. The smallest absolute Gasteiger partial charge is 0.0162 e. The molecule has 0 saturated heterocycles. The highest BCUT2D eigenvalue weighted by Crippen LogP contribution is 2.21. The molecule has 0 heterocycles. The molecule has 0 aromatic heterocycles. The van der Waals surface area contributed by atoms with Crippen molar-refractivity contribution in [2.24, 2.45) is 11.8 Å². The quantitative estimate of drug-likeness (QED) is 0.657. The average Bonchev–Trinajstić information content (AvgIpc) is 3.01. The lowest BCUT2D eigenvalue weighted by molar-refractivity contribution is 0.437. The number of rotatable bonds is 7. The van der Waals surface area contributed by atoms with Crippen LogP contribution in [0.1, 0.15) is 25.7 Å². The van der Waals surface area contributed by atoms with Crippen LogP contribution in [-0.2, 0) is 0 Å². The van der Waals surface area contributed by atoms with Gasteiger partial charge in [0, 0.05) is 12.0 Å². The summed E-state index contributed by atoms with van der Waals surface area (Å²) in [4.78, 5) is 0. The maximum Gasteiger partial charge on any atom is 0.0162 e. The topological polar surface area (TPSA) is 12.0 Å². The average molecular weight is 229 g/mol. The zero-order valence-corrected chi connectivity index (χ0v) is 10.7. The first-order valence-electron chi connectivity index (χ1n) is 6.77. The van der Waals surface area contributed by atoms with Gasteiger partial charge in [-0.15, -0.1) is 0 Å². The largest absolute Gasteiger partial charge is 0.316 e. The number of allylic oxidation sites excluding steroid dienone is 6. The molecule has 1 N–H and O–H groups in total. The molecule has 0 aromatic carbocycles. The van der Waals surface area contributed by atoms with Crippen LogP contribution < -0.4 is 5.32 Å². The highest BCUT2D eigenvalue weighted by Gasteiger charge is 2.16. The summed E-state index contributed by atoms with van der Waals surface area (Å²) in [7, 11) is 2.08. The Hall–Kier alpha value is -1.08. The van der Waals surface area contributed by atoms with Gasteiger partial charge >= 0.3 is 0 Å². The van der Waals surface area contributed by atoms with Gasteiger partial charge in [-0.3, -0.25) is 0 Å². The Morgan fingerprint density at radius 3 is 2.24 bits per heavy atom. The van der Waals surface area contributed by atoms with E-state index < -0.39 is 0 Å². The Bertz CT molecular complexity index is 311. The van der Waals surface area contributed by atoms with E-state index in [0.717, 1.165) is 0 Å². The Morgan fingerprint density at radius 1 is 0.941 bits per heavy atom. The van der Waals surface area contributed by atoms with Crippen molar-refractivity contribution < 1.29 is 0 Å². The molecule has 0 fully saturated rings. The van der Waals surface area contributed by atoms with Gasteiger partial charge in [0.15, 0.2) is 0 Å². The molecule has 0 amide bonds. The van der Waals surface area contributed by atoms with Gasteiger partial charge in [0.1, 0.15) is 0 Å². The molecule has 2 aliphatic rings. The van der Waals surface area contributed by atoms with Crippen molar-refractivity contribution in [1.29, 1.82) is 0 Å². The van der Waals surface area contributed by atoms with E-state index in [1.54, 1.807) is 0 Å². The minimum absolute atomic E-state index is 0.603. The molecule has 0 radical (unpaired) electrons. The van der Waals surface area contributed by atoms with Crippen LogP contribution in [0.25, 0.3) is 0 Å². The standard InChI is InChI=1S/C16H23N/c1-17-16(15-11-5-6-12-15)13-7-4-10-14-8-2-3-9-14/h2-3,5-6,8-9,11-12,14-17H,4,7,10,13H2,1H3/t16-/m1/s1. The second kappa shape index (κ2) is 6.61. The third-order valence-electron chi connectivity index (χ3n) is 3.74. The Morgan fingerprint density at radius 2 is 1.59 bits per heavy atom. The molecule has 1 nitrogen and oxygen atoms in total. The van der Waals surface area contributed by atoms with Gasteiger partial charge in [0.2, 0.25) is 0 Å². The third-order valence-corrected chi connectivity index (χ3v) is 3.74. The van der Waals surface area contributed by atoms with Gasteiger partial charge in [-0.05, 0) is 25.8 Å². The lowest BCUT2D eigenvalue weighted by Crippen LogP contribution is -2.31. The molecule has 17 heavy (non-hydrogen) atoms. The zero-order chi connectivity index (χ0) is 11.9. The number of hydrogen-bond donors (Lipinski definition) is 1. The summed E-state index contributed by atoms with van der Waals surface area (Å²) >= 11 is 0. The first-order valence-corrected chi connectivity index (χ1v) is 6.77. The van der Waals surface area contributed by atoms with Crippen LogP contribution in [0.3, 0.4) is 0 Å². The van der Waals surface area contributed by atoms with E-state index in [9.17, 15) is 0 Å². The molecule has 2 rings (SSSR count). The van der Waals surface area contributed by atoms with Crippen LogP contribution in [0.4, 0.5) is 0 Å². The highest BCUT2D eigenvalue weighted by molar-refractivity contribution is 5.20. The summed E-state index contributed by atoms with van der Waals surface area (Å²) in [5.41, 5.74) is 0. The fourth-order valence-electron chi connectivity index (χ4n) is 2.66. The first kappa shape index (κ1) is 12.4. The predicted octanol–water partition coefficient (Wildman–Crippen LogP) is 3.62. The summed E-state index contributed by atoms with van der Waals surface area (Å²) in [5.74, 6) is 1.31. The lowest BCUT2D eigenvalue weighted by atomic mass is 9.94. The SMILES string of the molecule is CN[C@H](CCCCC1C=CC=C1)C1C=CC=C1. The van der Waals surface area contributed by atoms with Crippen molar-refractivity contribution in [2.45, 2.75) is 31.7 Å². The molecular formula is C16H23N. The molecule has 1 heteroatoms. The first-order chi connectivity index (χ1) is 8.40. The molecule has 0 aromatic rings. The van der Waals surface area contributed by atoms with Gasteiger partial charge in [0.05, 0.1) is 0 Å². The van der Waals surface area contributed by atoms with Crippen LogP contribution in [0.15, 0.2) is 48.6 Å². The fourth-order valence-corrected chi connectivity index (χ4v) is 2.66. The fraction of sp³-hybridized carbons (Fsp3) is 0.500. The minimum Gasteiger partial charge on any atom is -0.316 e. The van der Waals surface area contributed by atoms with Crippen LogP contribution in [-0.4, -0.2) is 13.1 Å². The Labute approximate surface area is 105 Å². The van der Waals surface area contributed by atoms with E-state index in [-0.39, 0.29) is 0 Å². The minimum atomic E-state index is 0.603. The highest BCUT2D eigenvalue weighted by atomic mass is 14.9. The lowest BCUT2D eigenvalue weighted by Gasteiger charge is -2.20. The van der Waals surface area contributed by atoms with Gasteiger partial charge < -0.3 is 5.32 Å². The van der Waals surface area contributed by atoms with Crippen LogP contribution in [0, 0.1) is 11.8 Å². The van der Waals surface area contributed by atoms with Crippen molar-refractivity contribution in [1.82, 2.24) is 5.32 Å². The van der Waals surface area contributed by atoms with E-state index >= 15 is 0 Å². The van der Waals surface area contributed by atoms with Gasteiger partial charge in [-0.25, -0.2) is 0 Å². The van der Waals surface area contributed by atoms with Gasteiger partial charge in [0.25, 0.3) is 0 Å². The maximum absolute atomic E-state index is 3.44. The van der Waals surface area contributed by atoms with Crippen LogP contribution in [0.5, 0.6) is 0 Å². The predicted molar refractivity (Wildman–Crippen MR) is 74.9 cm³/mol. The van der Waals surface area contributed by atoms with Gasteiger partial charge in [-0.1, -0.05) is 61.4 Å². The molecule has 0 bridgehead atoms. The van der Waals surface area contributed by atoms with Crippen molar-refractivity contribution in [2.75, 3.05) is 7.05 Å². The number of nitrogens with one attached hydrogen (secondary N) is 1. The van der Waals surface area contributed by atoms with Crippen molar-refractivity contribution in [3.8, 4) is 0 Å². The van der Waals surface area contributed by atoms with E-state index in [1.165, 1.54) is 25.7 Å². The van der Waals surface area contributed by atoms with E-state index in [2.05, 4.69) is 61.0 Å². The molecule has 92 valence electrons. The second-order valence-corrected chi connectivity index (χ2v) is 4.96. The monoisotopic (exact) mass is 229 g/mol. The van der Waals surface area contributed by atoms with Crippen molar-refractivity contribution in [3.63, 3.8) is 0 Å². The molecular weight excluding hydrogens is 206 g/mol. The Balaban J connectivity index is 1.62. The summed E-state index contributed by atoms with van der Waals surface area (Å²) < 4.78 is 0. The van der Waals surface area contributed by atoms with E-state index in [1.807, 2.05) is 0 Å². The van der Waals surface area contributed by atoms with E-state index in [4.69, 9.17) is 0 Å². The summed E-state index contributed by atoms with van der Waals surface area (Å²) in [5, 5.41) is 3.44. The van der Waals surface area contributed by atoms with Crippen LogP contribution in [0.2, 0.25) is 0 Å². The second-order valence-electron chi connectivity index (χ2n) is 4.96. The molecule has 1 atom stereocenters. The summed E-state index contributed by atoms with van der Waals surface area (Å²) in [6, 6.07) is 0.611. The summed E-state index contributed by atoms with van der Waals surface area (Å²) in [6.07, 6.45) is 23.1. The number of hydrogen-bond acceptors (Lipinski definition) is 1. The van der Waals surface area contributed by atoms with E-state index in [0.29, 0.717) is 17.9 Å². The zero-order valence-electron chi connectivity index (χ0n) is 10.7. The van der Waals surface area contributed by atoms with Crippen LogP contribution >= 0.6 is 0 Å². The molecule has 0 aliphatic heterocycles. The summed E-state index contributed by atoms with van der Waals surface area (Å²) in [6.45, 7) is 0. The Kier molecular flexibility index (Phi) is 4.81. The van der Waals surface area contributed by atoms with Crippen molar-refractivity contribution in [3.05, 3.63) is 48.6 Å².